The standard InChI is InChI=1S/C21H30N2O/c1-14(2)12-17-19(21(17,4)5)20(24)22-18-9-8-16(13-15(18)3)23-10-6-7-11-23/h8-9,12-13,17,19H,6-7,10-11H2,1-5H3,(H,22,24)/t17-,19+/m0/s1. The van der Waals surface area contributed by atoms with Crippen LogP contribution in [0.2, 0.25) is 0 Å². The quantitative estimate of drug-likeness (QED) is 0.808. The molecule has 1 aromatic carbocycles. The van der Waals surface area contributed by atoms with E-state index in [-0.39, 0.29) is 17.2 Å². The van der Waals surface area contributed by atoms with E-state index in [0.717, 1.165) is 24.3 Å². The van der Waals surface area contributed by atoms with Crippen molar-refractivity contribution < 1.29 is 4.79 Å². The largest absolute Gasteiger partial charge is 0.372 e. The van der Waals surface area contributed by atoms with Gasteiger partial charge in [0.05, 0.1) is 5.92 Å². The van der Waals surface area contributed by atoms with Gasteiger partial charge in [0.1, 0.15) is 0 Å². The monoisotopic (exact) mass is 326 g/mol. The average Bonchev–Trinajstić information content (AvgIpc) is 2.90. The molecule has 1 aromatic rings. The van der Waals surface area contributed by atoms with Gasteiger partial charge in [0.2, 0.25) is 5.91 Å². The molecular formula is C21H30N2O. The second kappa shape index (κ2) is 6.27. The minimum absolute atomic E-state index is 0.0603. The van der Waals surface area contributed by atoms with Crippen molar-refractivity contribution in [2.45, 2.75) is 47.5 Å². The molecule has 1 aliphatic heterocycles. The Hall–Kier alpha value is -1.77. The SMILES string of the molecule is CC(C)=C[C@H]1[C@H](C(=O)Nc2ccc(N3CCCC3)cc2C)C1(C)C. The smallest absolute Gasteiger partial charge is 0.228 e. The van der Waals surface area contributed by atoms with Crippen LogP contribution in [0.15, 0.2) is 29.8 Å². The fraction of sp³-hybridized carbons (Fsp3) is 0.571. The van der Waals surface area contributed by atoms with Gasteiger partial charge in [-0.25, -0.2) is 0 Å². The first-order chi connectivity index (χ1) is 11.3. The van der Waals surface area contributed by atoms with Crippen molar-refractivity contribution in [3.63, 3.8) is 0 Å². The third-order valence-corrected chi connectivity index (χ3v) is 5.65. The predicted octanol–water partition coefficient (Wildman–Crippen LogP) is 4.77. The number of aryl methyl sites for hydroxylation is 1. The van der Waals surface area contributed by atoms with Crippen molar-refractivity contribution in [1.82, 2.24) is 0 Å². The fourth-order valence-electron chi connectivity index (χ4n) is 4.02. The van der Waals surface area contributed by atoms with Gasteiger partial charge >= 0.3 is 0 Å². The first-order valence-electron chi connectivity index (χ1n) is 9.12. The fourth-order valence-corrected chi connectivity index (χ4v) is 4.02. The number of nitrogens with zero attached hydrogens (tertiary/aromatic N) is 1. The summed E-state index contributed by atoms with van der Waals surface area (Å²) < 4.78 is 0. The van der Waals surface area contributed by atoms with Gasteiger partial charge in [0.25, 0.3) is 0 Å². The van der Waals surface area contributed by atoms with E-state index < -0.39 is 0 Å². The number of hydrogen-bond donors (Lipinski definition) is 1. The Bertz CT molecular complexity index is 664. The van der Waals surface area contributed by atoms with E-state index in [0.29, 0.717) is 5.92 Å². The summed E-state index contributed by atoms with van der Waals surface area (Å²) in [5.41, 5.74) is 4.71. The van der Waals surface area contributed by atoms with Gasteiger partial charge in [-0.15, -0.1) is 0 Å². The van der Waals surface area contributed by atoms with Crippen LogP contribution in [-0.2, 0) is 4.79 Å². The van der Waals surface area contributed by atoms with E-state index in [2.05, 4.69) is 69.1 Å². The van der Waals surface area contributed by atoms with Crippen LogP contribution in [0, 0.1) is 24.2 Å². The van der Waals surface area contributed by atoms with Crippen LogP contribution in [0.5, 0.6) is 0 Å². The average molecular weight is 326 g/mol. The van der Waals surface area contributed by atoms with Crippen molar-refractivity contribution in [2.24, 2.45) is 17.3 Å². The van der Waals surface area contributed by atoms with Gasteiger partial charge in [-0.3, -0.25) is 4.79 Å². The molecule has 1 aliphatic carbocycles. The molecule has 0 spiro atoms. The first-order valence-corrected chi connectivity index (χ1v) is 9.12. The lowest BCUT2D eigenvalue weighted by Gasteiger charge is -2.19. The van der Waals surface area contributed by atoms with Crippen molar-refractivity contribution >= 4 is 17.3 Å². The molecule has 3 heteroatoms. The van der Waals surface area contributed by atoms with E-state index in [1.54, 1.807) is 0 Å². The summed E-state index contributed by atoms with van der Waals surface area (Å²) in [6.07, 6.45) is 4.80. The first kappa shape index (κ1) is 17.1. The summed E-state index contributed by atoms with van der Waals surface area (Å²) in [4.78, 5) is 15.1. The van der Waals surface area contributed by atoms with Gasteiger partial charge in [-0.05, 0) is 68.7 Å². The summed E-state index contributed by atoms with van der Waals surface area (Å²) in [7, 11) is 0. The van der Waals surface area contributed by atoms with Crippen LogP contribution in [0.1, 0.15) is 46.1 Å². The molecule has 3 nitrogen and oxygen atoms in total. The zero-order chi connectivity index (χ0) is 17.5. The zero-order valence-electron chi connectivity index (χ0n) is 15.6. The summed E-state index contributed by atoms with van der Waals surface area (Å²) in [5, 5.41) is 3.16. The van der Waals surface area contributed by atoms with Crippen LogP contribution in [0.3, 0.4) is 0 Å². The Morgan fingerprint density at radius 1 is 1.25 bits per heavy atom. The molecule has 1 N–H and O–H groups in total. The number of rotatable bonds is 4. The minimum atomic E-state index is 0.0603. The molecule has 130 valence electrons. The van der Waals surface area contributed by atoms with Gasteiger partial charge in [0, 0.05) is 24.5 Å². The lowest BCUT2D eigenvalue weighted by atomic mass is 10.1. The highest BCUT2D eigenvalue weighted by Gasteiger charge is 2.60. The van der Waals surface area contributed by atoms with Crippen molar-refractivity contribution in [3.05, 3.63) is 35.4 Å². The molecule has 1 saturated heterocycles. The molecule has 2 aliphatic rings. The number of amides is 1. The Labute approximate surface area is 146 Å². The lowest BCUT2D eigenvalue weighted by molar-refractivity contribution is -0.118. The summed E-state index contributed by atoms with van der Waals surface area (Å²) in [6.45, 7) is 12.9. The Morgan fingerprint density at radius 2 is 1.92 bits per heavy atom. The molecule has 0 aromatic heterocycles. The maximum Gasteiger partial charge on any atom is 0.228 e. The van der Waals surface area contributed by atoms with Crippen LogP contribution in [0.25, 0.3) is 0 Å². The zero-order valence-corrected chi connectivity index (χ0v) is 15.6. The van der Waals surface area contributed by atoms with Gasteiger partial charge in [-0.1, -0.05) is 25.5 Å². The maximum absolute atomic E-state index is 12.7. The van der Waals surface area contributed by atoms with Crippen LogP contribution >= 0.6 is 0 Å². The number of anilines is 2. The Balaban J connectivity index is 1.70. The lowest BCUT2D eigenvalue weighted by Crippen LogP contribution is -2.19. The van der Waals surface area contributed by atoms with Gasteiger partial charge in [-0.2, -0.15) is 0 Å². The number of nitrogens with one attached hydrogen (secondary N) is 1. The van der Waals surface area contributed by atoms with Crippen molar-refractivity contribution in [2.75, 3.05) is 23.3 Å². The Kier molecular flexibility index (Phi) is 4.46. The highest BCUT2D eigenvalue weighted by Crippen LogP contribution is 2.59. The molecule has 24 heavy (non-hydrogen) atoms. The number of hydrogen-bond acceptors (Lipinski definition) is 2. The van der Waals surface area contributed by atoms with Gasteiger partial charge in [0.15, 0.2) is 0 Å². The minimum Gasteiger partial charge on any atom is -0.372 e. The van der Waals surface area contributed by atoms with E-state index >= 15 is 0 Å². The summed E-state index contributed by atoms with van der Waals surface area (Å²) in [5.74, 6) is 0.580. The second-order valence-electron chi connectivity index (χ2n) is 8.25. The predicted molar refractivity (Wildman–Crippen MR) is 101 cm³/mol. The van der Waals surface area contributed by atoms with Crippen LogP contribution < -0.4 is 10.2 Å². The number of benzene rings is 1. The molecular weight excluding hydrogens is 296 g/mol. The molecule has 0 unspecified atom stereocenters. The highest BCUT2D eigenvalue weighted by molar-refractivity contribution is 5.96. The molecule has 0 radical (unpaired) electrons. The van der Waals surface area contributed by atoms with E-state index in [9.17, 15) is 4.79 Å². The Morgan fingerprint density at radius 3 is 2.50 bits per heavy atom. The van der Waals surface area contributed by atoms with Crippen LogP contribution in [0.4, 0.5) is 11.4 Å². The molecule has 1 saturated carbocycles. The number of carbonyl (C=O) groups excluding carboxylic acids is 1. The van der Waals surface area contributed by atoms with Gasteiger partial charge < -0.3 is 10.2 Å². The van der Waals surface area contributed by atoms with E-state index in [1.807, 2.05) is 0 Å². The third-order valence-electron chi connectivity index (χ3n) is 5.65. The second-order valence-corrected chi connectivity index (χ2v) is 8.25. The van der Waals surface area contributed by atoms with Crippen LogP contribution in [-0.4, -0.2) is 19.0 Å². The molecule has 2 atom stereocenters. The van der Waals surface area contributed by atoms with Crippen molar-refractivity contribution in [1.29, 1.82) is 0 Å². The topological polar surface area (TPSA) is 32.3 Å². The molecule has 1 heterocycles. The maximum atomic E-state index is 12.7. The third kappa shape index (κ3) is 3.22. The summed E-state index contributed by atoms with van der Waals surface area (Å²) >= 11 is 0. The normalized spacial score (nSPS) is 24.6. The highest BCUT2D eigenvalue weighted by atomic mass is 16.2. The number of allylic oxidation sites excluding steroid dienone is 2. The molecule has 0 bridgehead atoms. The van der Waals surface area contributed by atoms with E-state index in [1.165, 1.54) is 24.1 Å². The molecule has 1 amide bonds. The number of carbonyl (C=O) groups is 1. The summed E-state index contributed by atoms with van der Waals surface area (Å²) in [6, 6.07) is 6.40. The van der Waals surface area contributed by atoms with E-state index in [4.69, 9.17) is 0 Å². The molecule has 2 fully saturated rings. The van der Waals surface area contributed by atoms with Crippen molar-refractivity contribution in [3.8, 4) is 0 Å². The molecule has 3 rings (SSSR count).